The molecule has 0 aromatic rings. The molecular weight excluding hydrogens is 739 g/mol. The molecule has 5 unspecified atom stereocenters. The highest BCUT2D eigenvalue weighted by Crippen LogP contribution is 2.35. The molecule has 282 valence electrons. The molecule has 24 nitrogen and oxygen atoms in total. The number of rotatable bonds is 16. The van der Waals surface area contributed by atoms with Gasteiger partial charge in [-0.25, -0.2) is 18.4 Å². The van der Waals surface area contributed by atoms with Gasteiger partial charge in [-0.3, -0.25) is 18.0 Å². The van der Waals surface area contributed by atoms with Gasteiger partial charge in [0.05, 0.1) is 32.0 Å². The van der Waals surface area contributed by atoms with Crippen LogP contribution in [0.4, 0.5) is 4.70 Å². The first-order valence-electron chi connectivity index (χ1n) is 13.0. The van der Waals surface area contributed by atoms with Crippen LogP contribution in [0.1, 0.15) is 6.92 Å². The lowest BCUT2D eigenvalue weighted by atomic mass is 9.83. The van der Waals surface area contributed by atoms with E-state index in [0.717, 1.165) is 0 Å². The third-order valence-electron chi connectivity index (χ3n) is 6.94. The third kappa shape index (κ3) is 11.8. The Hall–Kier alpha value is -1.49. The number of carboxylic acid groups (broad SMARTS) is 1. The third-order valence-corrected chi connectivity index (χ3v) is 8.26. The molecule has 3 heterocycles. The average molecular weight is 773 g/mol. The van der Waals surface area contributed by atoms with Crippen LogP contribution in [0.5, 0.6) is 0 Å². The van der Waals surface area contributed by atoms with E-state index in [0.29, 0.717) is 6.08 Å². The fourth-order valence-corrected chi connectivity index (χ4v) is 5.84. The minimum Gasteiger partial charge on any atom is -0.475 e. The molecule has 0 aromatic heterocycles. The van der Waals surface area contributed by atoms with Gasteiger partial charge in [0.25, 0.3) is 0 Å². The van der Waals surface area contributed by atoms with Crippen molar-refractivity contribution < 1.29 is 117 Å². The highest BCUT2D eigenvalue weighted by atomic mass is 32.3. The number of aliphatic hydroxyl groups excluding tert-OH is 5. The van der Waals surface area contributed by atoms with E-state index in [1.807, 2.05) is 0 Å². The van der Waals surface area contributed by atoms with E-state index in [4.69, 9.17) is 37.7 Å². The molecule has 2 saturated heterocycles. The number of aliphatic carboxylic acids is 1. The maximum Gasteiger partial charge on any atom is 0.397 e. The van der Waals surface area contributed by atoms with Crippen molar-refractivity contribution in [1.29, 1.82) is 0 Å². The minimum absolute atomic E-state index is 0. The molecule has 0 radical (unpaired) electrons. The quantitative estimate of drug-likeness (QED) is 0.0237. The van der Waals surface area contributed by atoms with Gasteiger partial charge in [-0.15, -0.1) is 4.33 Å². The fourth-order valence-electron chi connectivity index (χ4n) is 4.68. The number of aliphatic hydroxyl groups is 5. The van der Waals surface area contributed by atoms with E-state index in [2.05, 4.69) is 17.7 Å². The summed E-state index contributed by atoms with van der Waals surface area (Å²) in [5.41, 5.74) is 0. The molecule has 0 aliphatic carbocycles. The molecule has 9 N–H and O–H groups in total. The number of hydrogen-bond acceptors (Lipinski definition) is 22. The summed E-state index contributed by atoms with van der Waals surface area (Å²) in [6.45, 7) is -1.32. The van der Waals surface area contributed by atoms with E-state index in [-0.39, 0.29) is 17.0 Å². The Kier molecular flexibility index (Phi) is 16.1. The van der Waals surface area contributed by atoms with E-state index < -0.39 is 132 Å². The van der Waals surface area contributed by atoms with Crippen LogP contribution in [0.25, 0.3) is 0 Å². The lowest BCUT2D eigenvalue weighted by molar-refractivity contribution is -0.435. The second-order valence-corrected chi connectivity index (χ2v) is 12.6. The lowest BCUT2D eigenvalue weighted by Gasteiger charge is -2.45. The minimum atomic E-state index is -5.25. The van der Waals surface area contributed by atoms with Gasteiger partial charge in [-0.05, 0) is 13.0 Å². The van der Waals surface area contributed by atoms with E-state index in [9.17, 15) is 56.8 Å². The summed E-state index contributed by atoms with van der Waals surface area (Å²) in [6, 6.07) is 0. The topological polar surface area (TPSA) is 360 Å². The van der Waals surface area contributed by atoms with Crippen molar-refractivity contribution in [1.82, 2.24) is 0 Å². The summed E-state index contributed by atoms with van der Waals surface area (Å²) in [5.74, 6) is -5.26. The number of carboxylic acids is 1. The van der Waals surface area contributed by atoms with Crippen molar-refractivity contribution in [2.24, 2.45) is 11.8 Å². The summed E-state index contributed by atoms with van der Waals surface area (Å²) >= 11 is -0.135. The smallest absolute Gasteiger partial charge is 0.397 e. The van der Waals surface area contributed by atoms with Crippen LogP contribution >= 0.6 is 12.3 Å². The maximum absolute atomic E-state index is 11.5. The summed E-state index contributed by atoms with van der Waals surface area (Å²) < 4.78 is 108. The molecule has 3 aliphatic heterocycles. The van der Waals surface area contributed by atoms with Gasteiger partial charge in [0.15, 0.2) is 31.0 Å². The molecule has 48 heavy (non-hydrogen) atoms. The van der Waals surface area contributed by atoms with Crippen LogP contribution in [-0.4, -0.2) is 155 Å². The van der Waals surface area contributed by atoms with Crippen molar-refractivity contribution in [2.75, 3.05) is 19.8 Å². The molecule has 0 saturated carbocycles. The summed E-state index contributed by atoms with van der Waals surface area (Å²) in [5, 5.41) is 73.4. The van der Waals surface area contributed by atoms with Crippen LogP contribution < -0.4 is 0 Å². The first-order chi connectivity index (χ1) is 21.8. The predicted molar refractivity (Wildman–Crippen MR) is 142 cm³/mol. The zero-order valence-corrected chi connectivity index (χ0v) is 26.4. The van der Waals surface area contributed by atoms with Crippen LogP contribution in [-0.2, 0) is 71.2 Å². The van der Waals surface area contributed by atoms with Crippen LogP contribution in [0.2, 0.25) is 0 Å². The predicted octanol–water partition coefficient (Wildman–Crippen LogP) is -3.99. The highest BCUT2D eigenvalue weighted by Gasteiger charge is 2.51. The number of halogens is 1. The standard InChI is InChI=1S/C20H32O24S3.FH/c1-6-12(22)15(42-47(32,33)34)16(41-45-44-43-28)20(38-6)36-3-7-8(18(27)39-11(13(7)23)5-37-46(29,30)31)4-35-19-14(24)9(21)2-10(40-19)17(25)26;/h2,6-9,11-16,18-24,27-28H,3-5H2,1H3,(H,25,26)(H,29,30,31)(H,32,33,34);1H/t6?,7-,8?,9+,11?,12+,13-,14?,15-,16?,18-,19+,20+;/m0./s1. The Morgan fingerprint density at radius 1 is 0.875 bits per heavy atom. The Morgan fingerprint density at radius 2 is 1.50 bits per heavy atom. The molecule has 13 atom stereocenters. The normalized spacial score (nSPS) is 37.6. The second-order valence-electron chi connectivity index (χ2n) is 10.0. The lowest BCUT2D eigenvalue weighted by Crippen LogP contribution is -2.60. The largest absolute Gasteiger partial charge is 0.475 e. The zero-order chi connectivity index (χ0) is 35.3. The highest BCUT2D eigenvalue weighted by molar-refractivity contribution is 7.89. The molecule has 28 heteroatoms. The molecular formula is C20H33FO24S3. The monoisotopic (exact) mass is 772 g/mol. The molecule has 0 bridgehead atoms. The van der Waals surface area contributed by atoms with Gasteiger partial charge in [-0.2, -0.15) is 16.8 Å². The number of ether oxygens (including phenoxy) is 5. The maximum atomic E-state index is 11.5. The van der Waals surface area contributed by atoms with Crippen LogP contribution in [0.15, 0.2) is 11.8 Å². The van der Waals surface area contributed by atoms with Gasteiger partial charge in [0.1, 0.15) is 30.5 Å². The van der Waals surface area contributed by atoms with Gasteiger partial charge >= 0.3 is 26.8 Å². The van der Waals surface area contributed by atoms with Gasteiger partial charge in [0.2, 0.25) is 12.0 Å². The van der Waals surface area contributed by atoms with Gasteiger partial charge < -0.3 is 54.3 Å². The van der Waals surface area contributed by atoms with Crippen molar-refractivity contribution >= 4 is 39.1 Å². The summed E-state index contributed by atoms with van der Waals surface area (Å²) in [6.07, 6.45) is -18.9. The van der Waals surface area contributed by atoms with E-state index >= 15 is 0 Å². The Labute approximate surface area is 274 Å². The Balaban J connectivity index is 0.00000800. The van der Waals surface area contributed by atoms with E-state index in [1.54, 1.807) is 0 Å². The van der Waals surface area contributed by atoms with Crippen molar-refractivity contribution in [3.8, 4) is 0 Å². The first-order valence-corrected chi connectivity index (χ1v) is 16.4. The molecule has 3 rings (SSSR count). The van der Waals surface area contributed by atoms with Crippen LogP contribution in [0, 0.1) is 11.8 Å². The molecule has 0 amide bonds. The Bertz CT molecular complexity index is 1290. The van der Waals surface area contributed by atoms with E-state index in [1.165, 1.54) is 6.92 Å². The molecule has 0 aromatic carbocycles. The molecule has 2 fully saturated rings. The van der Waals surface area contributed by atoms with Gasteiger partial charge in [-0.1, -0.05) is 5.04 Å². The first kappa shape index (κ1) is 42.7. The SMILES string of the molecule is CC1O[C@@H](OC[C@H]2C(CO[C@@H]3OC(C(=O)O)=C[C@@H](O)C3O)[C@@H](O)OC(COS(=O)(=O)O)[C@H]2O)C(OSOOO)[C@@H](OS(=O)(=O)O)[C@@H]1O.F. The number of hydrogen-bond donors (Lipinski definition) is 9. The second kappa shape index (κ2) is 18.1. The number of carbonyl (C=O) groups is 1. The average Bonchev–Trinajstić information content (AvgIpc) is 2.96. The summed E-state index contributed by atoms with van der Waals surface area (Å²) in [4.78, 5) is 11.3. The van der Waals surface area contributed by atoms with Crippen molar-refractivity contribution in [2.45, 2.75) is 74.6 Å². The molecule has 3 aliphatic rings. The van der Waals surface area contributed by atoms with Crippen molar-refractivity contribution in [3.05, 3.63) is 11.8 Å². The Morgan fingerprint density at radius 3 is 2.08 bits per heavy atom. The van der Waals surface area contributed by atoms with Crippen LogP contribution in [0.3, 0.4) is 0 Å². The summed E-state index contributed by atoms with van der Waals surface area (Å²) in [7, 11) is -10.3. The zero-order valence-electron chi connectivity index (χ0n) is 24.0. The molecule has 0 spiro atoms. The fraction of sp³-hybridized carbons (Fsp3) is 0.850. The van der Waals surface area contributed by atoms with Gasteiger partial charge in [0, 0.05) is 11.8 Å². The van der Waals surface area contributed by atoms with Crippen molar-refractivity contribution in [3.63, 3.8) is 0 Å².